The van der Waals surface area contributed by atoms with Gasteiger partial charge < -0.3 is 10.6 Å². The normalized spacial score (nSPS) is 15.6. The molecule has 0 saturated carbocycles. The fraction of sp³-hybridized carbons (Fsp3) is 0.462. The van der Waals surface area contributed by atoms with Crippen LogP contribution in [0.2, 0.25) is 0 Å². The summed E-state index contributed by atoms with van der Waals surface area (Å²) in [5.74, 6) is -3.31. The molecule has 1 aromatic rings. The zero-order valence-corrected chi connectivity index (χ0v) is 13.8. The molecule has 1 aromatic carbocycles. The number of rotatable bonds is 6. The number of hydrogen-bond donors (Lipinski definition) is 2. The van der Waals surface area contributed by atoms with Gasteiger partial charge in [-0.3, -0.25) is 4.79 Å². The molecule has 0 atom stereocenters. The van der Waals surface area contributed by atoms with Crippen LogP contribution in [0, 0.1) is 0 Å². The number of anilines is 1. The standard InChI is InChI=1S/C13H17F2N3O3S.ClH/c14-13(15,8-16)9-17-22(20,21)11-5-3-10(4-6-11)18-7-1-2-12(18)19;/h3-6,17H,1-2,7-9,16H2;1H. The van der Waals surface area contributed by atoms with Gasteiger partial charge in [-0.25, -0.2) is 21.9 Å². The third-order valence-electron chi connectivity index (χ3n) is 3.35. The fourth-order valence-corrected chi connectivity index (χ4v) is 3.14. The van der Waals surface area contributed by atoms with Crippen LogP contribution in [-0.2, 0) is 14.8 Å². The van der Waals surface area contributed by atoms with Gasteiger partial charge in [0, 0.05) is 18.7 Å². The van der Waals surface area contributed by atoms with Gasteiger partial charge in [0.05, 0.1) is 18.0 Å². The Hall–Kier alpha value is -1.29. The van der Waals surface area contributed by atoms with E-state index in [1.165, 1.54) is 24.3 Å². The van der Waals surface area contributed by atoms with Gasteiger partial charge in [0.15, 0.2) is 0 Å². The third kappa shape index (κ3) is 4.84. The predicted molar refractivity (Wildman–Crippen MR) is 84.5 cm³/mol. The van der Waals surface area contributed by atoms with Gasteiger partial charge in [0.25, 0.3) is 5.92 Å². The van der Waals surface area contributed by atoms with Crippen LogP contribution in [0.4, 0.5) is 14.5 Å². The monoisotopic (exact) mass is 369 g/mol. The molecule has 1 fully saturated rings. The van der Waals surface area contributed by atoms with Gasteiger partial charge in [-0.2, -0.15) is 0 Å². The van der Waals surface area contributed by atoms with Gasteiger partial charge in [0.2, 0.25) is 15.9 Å². The fourth-order valence-electron chi connectivity index (χ4n) is 2.08. The van der Waals surface area contributed by atoms with Gasteiger partial charge >= 0.3 is 0 Å². The van der Waals surface area contributed by atoms with Crippen molar-refractivity contribution in [1.82, 2.24) is 4.72 Å². The summed E-state index contributed by atoms with van der Waals surface area (Å²) in [6.45, 7) is -1.41. The molecule has 10 heteroatoms. The summed E-state index contributed by atoms with van der Waals surface area (Å²) >= 11 is 0. The molecule has 0 unspecified atom stereocenters. The smallest absolute Gasteiger partial charge is 0.273 e. The highest BCUT2D eigenvalue weighted by Gasteiger charge is 2.29. The Morgan fingerprint density at radius 2 is 1.87 bits per heavy atom. The highest BCUT2D eigenvalue weighted by atomic mass is 35.5. The van der Waals surface area contributed by atoms with Crippen LogP contribution in [0.1, 0.15) is 12.8 Å². The van der Waals surface area contributed by atoms with E-state index in [-0.39, 0.29) is 23.2 Å². The molecule has 0 spiro atoms. The number of nitrogens with one attached hydrogen (secondary N) is 1. The van der Waals surface area contributed by atoms with Crippen molar-refractivity contribution < 1.29 is 22.0 Å². The van der Waals surface area contributed by atoms with Crippen LogP contribution in [0.25, 0.3) is 0 Å². The van der Waals surface area contributed by atoms with Crippen molar-refractivity contribution in [2.45, 2.75) is 23.7 Å². The maximum absolute atomic E-state index is 13.0. The molecule has 1 saturated heterocycles. The SMILES string of the molecule is Cl.NCC(F)(F)CNS(=O)(=O)c1ccc(N2CCCC2=O)cc1. The molecule has 0 radical (unpaired) electrons. The minimum Gasteiger partial charge on any atom is -0.325 e. The zero-order valence-electron chi connectivity index (χ0n) is 12.2. The van der Waals surface area contributed by atoms with Crippen LogP contribution in [0.3, 0.4) is 0 Å². The highest BCUT2D eigenvalue weighted by Crippen LogP contribution is 2.23. The van der Waals surface area contributed by atoms with Crippen molar-refractivity contribution >= 4 is 34.0 Å². The van der Waals surface area contributed by atoms with Gasteiger partial charge in [-0.15, -0.1) is 12.4 Å². The van der Waals surface area contributed by atoms with E-state index in [4.69, 9.17) is 5.73 Å². The zero-order chi connectivity index (χ0) is 16.4. The largest absolute Gasteiger partial charge is 0.325 e. The molecule has 1 aliphatic rings. The molecular weight excluding hydrogens is 352 g/mol. The molecule has 6 nitrogen and oxygen atoms in total. The predicted octanol–water partition coefficient (Wildman–Crippen LogP) is 1.11. The van der Waals surface area contributed by atoms with Crippen LogP contribution in [0.15, 0.2) is 29.2 Å². The molecule has 1 heterocycles. The minimum absolute atomic E-state index is 0. The Bertz CT molecular complexity index is 653. The van der Waals surface area contributed by atoms with E-state index < -0.39 is 29.0 Å². The van der Waals surface area contributed by atoms with E-state index in [1.54, 1.807) is 4.90 Å². The third-order valence-corrected chi connectivity index (χ3v) is 4.77. The first-order chi connectivity index (χ1) is 10.2. The number of carbonyl (C=O) groups excluding carboxylic acids is 1. The maximum atomic E-state index is 13.0. The van der Waals surface area contributed by atoms with Crippen molar-refractivity contribution in [3.8, 4) is 0 Å². The Balaban J connectivity index is 0.00000264. The summed E-state index contributed by atoms with van der Waals surface area (Å²) in [4.78, 5) is 13.0. The molecular formula is C13H18ClF2N3O3S. The van der Waals surface area contributed by atoms with E-state index in [1.807, 2.05) is 4.72 Å². The average Bonchev–Trinajstić information content (AvgIpc) is 2.92. The number of alkyl halides is 2. The van der Waals surface area contributed by atoms with Crippen molar-refractivity contribution in [1.29, 1.82) is 0 Å². The second kappa shape index (κ2) is 7.52. The Morgan fingerprint density at radius 3 is 2.35 bits per heavy atom. The first-order valence-electron chi connectivity index (χ1n) is 6.73. The number of amides is 1. The van der Waals surface area contributed by atoms with Crippen molar-refractivity contribution in [2.24, 2.45) is 5.73 Å². The van der Waals surface area contributed by atoms with Crippen molar-refractivity contribution in [3.63, 3.8) is 0 Å². The first kappa shape index (κ1) is 19.8. The summed E-state index contributed by atoms with van der Waals surface area (Å²) in [7, 11) is -4.05. The second-order valence-corrected chi connectivity index (χ2v) is 6.79. The number of nitrogens with zero attached hydrogens (tertiary/aromatic N) is 1. The summed E-state index contributed by atoms with van der Waals surface area (Å²) < 4.78 is 51.7. The van der Waals surface area contributed by atoms with Crippen molar-refractivity contribution in [3.05, 3.63) is 24.3 Å². The molecule has 0 bridgehead atoms. The highest BCUT2D eigenvalue weighted by molar-refractivity contribution is 7.89. The number of benzene rings is 1. The lowest BCUT2D eigenvalue weighted by atomic mass is 10.3. The second-order valence-electron chi connectivity index (χ2n) is 5.03. The van der Waals surface area contributed by atoms with E-state index >= 15 is 0 Å². The number of nitrogens with two attached hydrogens (primary N) is 1. The Labute approximate surface area is 139 Å². The Kier molecular flexibility index (Phi) is 6.46. The molecule has 1 aliphatic heterocycles. The summed E-state index contributed by atoms with van der Waals surface area (Å²) in [6.07, 6.45) is 1.23. The topological polar surface area (TPSA) is 92.5 Å². The van der Waals surface area contributed by atoms with Crippen LogP contribution in [-0.4, -0.2) is 39.9 Å². The van der Waals surface area contributed by atoms with E-state index in [0.29, 0.717) is 18.7 Å². The van der Waals surface area contributed by atoms with E-state index in [2.05, 4.69) is 0 Å². The quantitative estimate of drug-likeness (QED) is 0.785. The van der Waals surface area contributed by atoms with E-state index in [0.717, 1.165) is 6.42 Å². The number of sulfonamides is 1. The lowest BCUT2D eigenvalue weighted by Gasteiger charge is -2.17. The molecule has 2 rings (SSSR count). The van der Waals surface area contributed by atoms with Crippen LogP contribution >= 0.6 is 12.4 Å². The summed E-state index contributed by atoms with van der Waals surface area (Å²) in [5, 5.41) is 0. The molecule has 0 aromatic heterocycles. The van der Waals surface area contributed by atoms with Crippen molar-refractivity contribution in [2.75, 3.05) is 24.5 Å². The minimum atomic E-state index is -4.05. The average molecular weight is 370 g/mol. The van der Waals surface area contributed by atoms with Gasteiger partial charge in [-0.05, 0) is 30.7 Å². The molecule has 1 amide bonds. The van der Waals surface area contributed by atoms with Crippen LogP contribution < -0.4 is 15.4 Å². The lowest BCUT2D eigenvalue weighted by molar-refractivity contribution is -0.117. The lowest BCUT2D eigenvalue weighted by Crippen LogP contribution is -2.41. The number of carbonyl (C=O) groups is 1. The van der Waals surface area contributed by atoms with Gasteiger partial charge in [0.1, 0.15) is 0 Å². The number of hydrogen-bond acceptors (Lipinski definition) is 4. The number of halogens is 3. The molecule has 0 aliphatic carbocycles. The Morgan fingerprint density at radius 1 is 1.26 bits per heavy atom. The van der Waals surface area contributed by atoms with Gasteiger partial charge in [-0.1, -0.05) is 0 Å². The maximum Gasteiger partial charge on any atom is 0.273 e. The molecule has 23 heavy (non-hydrogen) atoms. The summed E-state index contributed by atoms with van der Waals surface area (Å²) in [5.41, 5.74) is 5.45. The molecule has 3 N–H and O–H groups in total. The first-order valence-corrected chi connectivity index (χ1v) is 8.21. The van der Waals surface area contributed by atoms with E-state index in [9.17, 15) is 22.0 Å². The summed E-state index contributed by atoms with van der Waals surface area (Å²) in [6, 6.07) is 5.53. The van der Waals surface area contributed by atoms with Crippen LogP contribution in [0.5, 0.6) is 0 Å². The molecule has 130 valence electrons.